The number of hydrogen-bond acceptors (Lipinski definition) is 3. The van der Waals surface area contributed by atoms with Crippen LogP contribution in [0.25, 0.3) is 0 Å². The van der Waals surface area contributed by atoms with Crippen molar-refractivity contribution in [1.82, 2.24) is 4.90 Å². The molecule has 0 fully saturated rings. The van der Waals surface area contributed by atoms with Gasteiger partial charge in [0.25, 0.3) is 5.91 Å². The van der Waals surface area contributed by atoms with Gasteiger partial charge in [0.15, 0.2) is 0 Å². The van der Waals surface area contributed by atoms with Crippen LogP contribution in [0.15, 0.2) is 24.3 Å². The van der Waals surface area contributed by atoms with Gasteiger partial charge in [0.1, 0.15) is 0 Å². The van der Waals surface area contributed by atoms with Crippen LogP contribution in [-0.4, -0.2) is 44.7 Å². The van der Waals surface area contributed by atoms with Crippen LogP contribution in [0.5, 0.6) is 0 Å². The van der Waals surface area contributed by atoms with Crippen LogP contribution in [0.3, 0.4) is 0 Å². The fraction of sp³-hybridized carbons (Fsp3) is 0.500. The predicted octanol–water partition coefficient (Wildman–Crippen LogP) is 2.23. The van der Waals surface area contributed by atoms with Gasteiger partial charge in [-0.15, -0.1) is 0 Å². The quantitative estimate of drug-likeness (QED) is 0.754. The third-order valence-corrected chi connectivity index (χ3v) is 2.70. The third kappa shape index (κ3) is 4.37. The van der Waals surface area contributed by atoms with Crippen molar-refractivity contribution in [3.05, 3.63) is 29.8 Å². The molecule has 0 unspecified atom stereocenters. The van der Waals surface area contributed by atoms with Crippen molar-refractivity contribution in [2.75, 3.05) is 39.2 Å². The molecule has 0 radical (unpaired) electrons. The van der Waals surface area contributed by atoms with E-state index in [-0.39, 0.29) is 5.91 Å². The van der Waals surface area contributed by atoms with Gasteiger partial charge in [-0.05, 0) is 37.6 Å². The fourth-order valence-corrected chi connectivity index (χ4v) is 1.70. The molecule has 0 atom stereocenters. The zero-order valence-electron chi connectivity index (χ0n) is 11.4. The highest BCUT2D eigenvalue weighted by atomic mass is 16.5. The number of anilines is 1. The summed E-state index contributed by atoms with van der Waals surface area (Å²) in [4.78, 5) is 13.8. The minimum atomic E-state index is 0.0501. The maximum atomic E-state index is 12.1. The van der Waals surface area contributed by atoms with Gasteiger partial charge < -0.3 is 15.0 Å². The second-order valence-electron chi connectivity index (χ2n) is 4.18. The number of nitrogens with zero attached hydrogens (tertiary/aromatic N) is 1. The minimum absolute atomic E-state index is 0.0501. The minimum Gasteiger partial charge on any atom is -0.385 e. The molecule has 18 heavy (non-hydrogen) atoms. The molecule has 0 bridgehead atoms. The Hall–Kier alpha value is -1.55. The van der Waals surface area contributed by atoms with Crippen molar-refractivity contribution in [1.29, 1.82) is 0 Å². The normalized spacial score (nSPS) is 10.2. The van der Waals surface area contributed by atoms with E-state index in [1.807, 2.05) is 38.2 Å². The molecular formula is C14H22N2O2. The topological polar surface area (TPSA) is 41.6 Å². The highest BCUT2D eigenvalue weighted by Crippen LogP contribution is 2.11. The third-order valence-electron chi connectivity index (χ3n) is 2.70. The van der Waals surface area contributed by atoms with Crippen molar-refractivity contribution in [2.24, 2.45) is 0 Å². The Balaban J connectivity index is 2.54. The molecule has 0 spiro atoms. The van der Waals surface area contributed by atoms with E-state index in [0.717, 1.165) is 24.2 Å². The van der Waals surface area contributed by atoms with Crippen molar-refractivity contribution in [2.45, 2.75) is 13.3 Å². The number of amides is 1. The van der Waals surface area contributed by atoms with Crippen LogP contribution >= 0.6 is 0 Å². The van der Waals surface area contributed by atoms with Gasteiger partial charge in [0.2, 0.25) is 0 Å². The summed E-state index contributed by atoms with van der Waals surface area (Å²) in [7, 11) is 3.48. The molecule has 0 aliphatic heterocycles. The first-order chi connectivity index (χ1) is 8.69. The van der Waals surface area contributed by atoms with Gasteiger partial charge in [0.05, 0.1) is 0 Å². The molecule has 0 saturated carbocycles. The average molecular weight is 250 g/mol. The first-order valence-electron chi connectivity index (χ1n) is 6.27. The molecule has 4 heteroatoms. The van der Waals surface area contributed by atoms with Crippen molar-refractivity contribution >= 4 is 11.6 Å². The molecule has 1 rings (SSSR count). The highest BCUT2D eigenvalue weighted by Gasteiger charge is 2.10. The van der Waals surface area contributed by atoms with Gasteiger partial charge in [-0.25, -0.2) is 0 Å². The summed E-state index contributed by atoms with van der Waals surface area (Å²) in [5.74, 6) is 0.0501. The molecule has 1 N–H and O–H groups in total. The van der Waals surface area contributed by atoms with Crippen LogP contribution < -0.4 is 5.32 Å². The first-order valence-corrected chi connectivity index (χ1v) is 6.27. The summed E-state index contributed by atoms with van der Waals surface area (Å²) >= 11 is 0. The number of hydrogen-bond donors (Lipinski definition) is 1. The zero-order chi connectivity index (χ0) is 13.4. The molecule has 1 aromatic carbocycles. The highest BCUT2D eigenvalue weighted by molar-refractivity contribution is 5.94. The number of nitrogens with one attached hydrogen (secondary N) is 1. The van der Waals surface area contributed by atoms with Crippen molar-refractivity contribution in [3.63, 3.8) is 0 Å². The largest absolute Gasteiger partial charge is 0.385 e. The molecule has 0 saturated heterocycles. The van der Waals surface area contributed by atoms with Gasteiger partial charge >= 0.3 is 0 Å². The Kier molecular flexibility index (Phi) is 6.22. The lowest BCUT2D eigenvalue weighted by Gasteiger charge is -2.17. The van der Waals surface area contributed by atoms with E-state index in [1.165, 1.54) is 0 Å². The Morgan fingerprint density at radius 3 is 2.56 bits per heavy atom. The van der Waals surface area contributed by atoms with Crippen LogP contribution in [0.4, 0.5) is 5.69 Å². The molecule has 4 nitrogen and oxygen atoms in total. The van der Waals surface area contributed by atoms with Crippen LogP contribution in [0.2, 0.25) is 0 Å². The zero-order valence-corrected chi connectivity index (χ0v) is 11.4. The second-order valence-corrected chi connectivity index (χ2v) is 4.18. The number of methoxy groups -OCH3 is 1. The van der Waals surface area contributed by atoms with E-state index in [4.69, 9.17) is 4.74 Å². The lowest BCUT2D eigenvalue weighted by molar-refractivity contribution is 0.0779. The molecule has 1 aromatic rings. The fourth-order valence-electron chi connectivity index (χ4n) is 1.70. The summed E-state index contributed by atoms with van der Waals surface area (Å²) in [5.41, 5.74) is 1.76. The molecule has 0 aromatic heterocycles. The van der Waals surface area contributed by atoms with Crippen LogP contribution in [0, 0.1) is 0 Å². The summed E-state index contributed by atoms with van der Waals surface area (Å²) < 4.78 is 4.97. The second kappa shape index (κ2) is 7.71. The molecular weight excluding hydrogens is 228 g/mol. The number of rotatable bonds is 7. The molecule has 0 aliphatic rings. The first kappa shape index (κ1) is 14.5. The molecule has 0 aliphatic carbocycles. The summed E-state index contributed by atoms with van der Waals surface area (Å²) in [6.45, 7) is 4.31. The lowest BCUT2D eigenvalue weighted by atomic mass is 10.2. The number of ether oxygens (including phenoxy) is 1. The Labute approximate surface area is 109 Å². The van der Waals surface area contributed by atoms with E-state index in [1.54, 1.807) is 12.0 Å². The SMILES string of the molecule is CCNc1ccc(C(=O)N(C)CCCOC)cc1. The van der Waals surface area contributed by atoms with E-state index >= 15 is 0 Å². The number of benzene rings is 1. The molecule has 0 heterocycles. The van der Waals surface area contributed by atoms with E-state index in [9.17, 15) is 4.79 Å². The van der Waals surface area contributed by atoms with Gasteiger partial charge in [-0.3, -0.25) is 4.79 Å². The van der Waals surface area contributed by atoms with Crippen LogP contribution in [-0.2, 0) is 4.74 Å². The van der Waals surface area contributed by atoms with Gasteiger partial charge in [0, 0.05) is 45.1 Å². The standard InChI is InChI=1S/C14H22N2O2/c1-4-15-13-8-6-12(7-9-13)14(17)16(2)10-5-11-18-3/h6-9,15H,4-5,10-11H2,1-3H3. The smallest absolute Gasteiger partial charge is 0.253 e. The van der Waals surface area contributed by atoms with E-state index in [0.29, 0.717) is 13.2 Å². The number of carbonyl (C=O) groups excluding carboxylic acids is 1. The summed E-state index contributed by atoms with van der Waals surface area (Å²) in [6.07, 6.45) is 0.855. The monoisotopic (exact) mass is 250 g/mol. The Morgan fingerprint density at radius 2 is 2.00 bits per heavy atom. The average Bonchev–Trinajstić information content (AvgIpc) is 2.39. The Bertz CT molecular complexity index is 363. The van der Waals surface area contributed by atoms with Crippen molar-refractivity contribution < 1.29 is 9.53 Å². The summed E-state index contributed by atoms with van der Waals surface area (Å²) in [5, 5.41) is 3.20. The number of carbonyl (C=O) groups is 1. The lowest BCUT2D eigenvalue weighted by Crippen LogP contribution is -2.28. The van der Waals surface area contributed by atoms with Gasteiger partial charge in [-0.1, -0.05) is 0 Å². The van der Waals surface area contributed by atoms with Crippen LogP contribution in [0.1, 0.15) is 23.7 Å². The maximum Gasteiger partial charge on any atom is 0.253 e. The summed E-state index contributed by atoms with van der Waals surface area (Å²) in [6, 6.07) is 7.57. The molecule has 100 valence electrons. The maximum absolute atomic E-state index is 12.1. The Morgan fingerprint density at radius 1 is 1.33 bits per heavy atom. The van der Waals surface area contributed by atoms with Crippen molar-refractivity contribution in [3.8, 4) is 0 Å². The van der Waals surface area contributed by atoms with E-state index < -0.39 is 0 Å². The van der Waals surface area contributed by atoms with E-state index in [2.05, 4.69) is 5.32 Å². The molecule has 1 amide bonds. The predicted molar refractivity (Wildman–Crippen MR) is 74.1 cm³/mol. The van der Waals surface area contributed by atoms with Gasteiger partial charge in [-0.2, -0.15) is 0 Å².